The molecule has 0 radical (unpaired) electrons. The molecule has 0 unspecified atom stereocenters. The second kappa shape index (κ2) is 6.36. The van der Waals surface area contributed by atoms with Crippen molar-refractivity contribution < 1.29 is 19.1 Å². The first kappa shape index (κ1) is 16.3. The van der Waals surface area contributed by atoms with Gasteiger partial charge in [0.15, 0.2) is 5.43 Å². The van der Waals surface area contributed by atoms with Crippen molar-refractivity contribution in [3.63, 3.8) is 0 Å². The van der Waals surface area contributed by atoms with Gasteiger partial charge in [-0.05, 0) is 39.0 Å². The first-order valence-corrected chi connectivity index (χ1v) is 6.95. The third-order valence-electron chi connectivity index (χ3n) is 3.35. The van der Waals surface area contributed by atoms with Gasteiger partial charge in [-0.15, -0.1) is 0 Å². The molecule has 1 aromatic heterocycles. The van der Waals surface area contributed by atoms with Gasteiger partial charge in [-0.3, -0.25) is 4.79 Å². The monoisotopic (exact) mass is 313 g/mol. The van der Waals surface area contributed by atoms with Gasteiger partial charge in [-0.25, -0.2) is 4.79 Å². The summed E-state index contributed by atoms with van der Waals surface area (Å²) in [6.07, 6.45) is 1.19. The van der Waals surface area contributed by atoms with Crippen LogP contribution < -0.4 is 5.43 Å². The average molecular weight is 313 g/mol. The summed E-state index contributed by atoms with van der Waals surface area (Å²) in [5.41, 5.74) is -0.434. The lowest BCUT2D eigenvalue weighted by Gasteiger charge is -2.00. The Bertz CT molecular complexity index is 915. The van der Waals surface area contributed by atoms with E-state index in [1.165, 1.54) is 18.2 Å². The Morgan fingerprint density at radius 3 is 2.61 bits per heavy atom. The van der Waals surface area contributed by atoms with E-state index in [2.05, 4.69) is 0 Å². The second-order valence-corrected chi connectivity index (χ2v) is 4.86. The van der Waals surface area contributed by atoms with Gasteiger partial charge in [0.05, 0.1) is 17.4 Å². The van der Waals surface area contributed by atoms with Crippen molar-refractivity contribution in [1.82, 2.24) is 0 Å². The van der Waals surface area contributed by atoms with Crippen LogP contribution in [0.15, 0.2) is 26.9 Å². The van der Waals surface area contributed by atoms with Crippen molar-refractivity contribution in [3.8, 4) is 11.8 Å². The highest BCUT2D eigenvalue weighted by Gasteiger charge is 2.17. The number of rotatable bonds is 3. The molecule has 118 valence electrons. The molecule has 6 heteroatoms. The molecule has 1 aromatic carbocycles. The fourth-order valence-corrected chi connectivity index (χ4v) is 2.36. The van der Waals surface area contributed by atoms with E-state index in [1.807, 2.05) is 0 Å². The third-order valence-corrected chi connectivity index (χ3v) is 3.35. The number of aryl methyl sites for hydroxylation is 2. The molecule has 1 N–H and O–H groups in total. The Hall–Kier alpha value is -3.07. The molecular formula is C17H15NO5. The SMILES string of the molecule is CCOC(=O)C(C#N)=Cc1ccc(=O)c2c(C)oc(C)c2c1O. The Labute approximate surface area is 132 Å². The number of esters is 1. The maximum atomic E-state index is 12.2. The van der Waals surface area contributed by atoms with Gasteiger partial charge in [0.2, 0.25) is 0 Å². The minimum atomic E-state index is -0.792. The van der Waals surface area contributed by atoms with Crippen LogP contribution in [0.2, 0.25) is 0 Å². The second-order valence-electron chi connectivity index (χ2n) is 4.86. The fraction of sp³-hybridized carbons (Fsp3) is 0.235. The summed E-state index contributed by atoms with van der Waals surface area (Å²) >= 11 is 0. The zero-order valence-electron chi connectivity index (χ0n) is 13.0. The quantitative estimate of drug-likeness (QED) is 0.531. The molecule has 0 saturated carbocycles. The summed E-state index contributed by atoms with van der Waals surface area (Å²) in [5.74, 6) is -0.240. The predicted octanol–water partition coefficient (Wildman–Crippen LogP) is 2.59. The highest BCUT2D eigenvalue weighted by Crippen LogP contribution is 2.32. The summed E-state index contributed by atoms with van der Waals surface area (Å²) in [7, 11) is 0. The van der Waals surface area contributed by atoms with Crippen molar-refractivity contribution in [2.45, 2.75) is 20.8 Å². The van der Waals surface area contributed by atoms with E-state index in [4.69, 9.17) is 14.4 Å². The molecule has 0 aliphatic heterocycles. The lowest BCUT2D eigenvalue weighted by Crippen LogP contribution is -2.05. The normalized spacial score (nSPS) is 11.3. The molecule has 0 amide bonds. The number of hydrogen-bond donors (Lipinski definition) is 1. The summed E-state index contributed by atoms with van der Waals surface area (Å²) < 4.78 is 10.2. The van der Waals surface area contributed by atoms with E-state index in [0.29, 0.717) is 11.5 Å². The minimum Gasteiger partial charge on any atom is -0.507 e. The maximum Gasteiger partial charge on any atom is 0.348 e. The molecule has 0 atom stereocenters. The molecular weight excluding hydrogens is 298 g/mol. The number of fused-ring (bicyclic) bond motifs is 1. The van der Waals surface area contributed by atoms with Gasteiger partial charge in [-0.2, -0.15) is 5.26 Å². The lowest BCUT2D eigenvalue weighted by molar-refractivity contribution is -0.137. The van der Waals surface area contributed by atoms with Crippen LogP contribution in [0, 0.1) is 25.2 Å². The largest absolute Gasteiger partial charge is 0.507 e. The molecule has 0 fully saturated rings. The van der Waals surface area contributed by atoms with Crippen LogP contribution >= 0.6 is 0 Å². The molecule has 2 aromatic rings. The third kappa shape index (κ3) is 2.94. The topological polar surface area (TPSA) is 101 Å². The van der Waals surface area contributed by atoms with Crippen LogP contribution in [-0.2, 0) is 9.53 Å². The van der Waals surface area contributed by atoms with Crippen molar-refractivity contribution >= 4 is 22.8 Å². The summed E-state index contributed by atoms with van der Waals surface area (Å²) in [5, 5.41) is 20.1. The van der Waals surface area contributed by atoms with Gasteiger partial charge >= 0.3 is 5.97 Å². The van der Waals surface area contributed by atoms with Crippen molar-refractivity contribution in [1.29, 1.82) is 5.26 Å². The van der Waals surface area contributed by atoms with E-state index in [9.17, 15) is 14.7 Å². The number of nitrogens with zero attached hydrogens (tertiary/aromatic N) is 1. The number of aromatic hydroxyl groups is 1. The first-order valence-electron chi connectivity index (χ1n) is 6.95. The number of carbonyl (C=O) groups excluding carboxylic acids is 1. The summed E-state index contributed by atoms with van der Waals surface area (Å²) in [4.78, 5) is 23.9. The average Bonchev–Trinajstić information content (AvgIpc) is 2.73. The molecule has 0 aliphatic rings. The van der Waals surface area contributed by atoms with Crippen molar-refractivity contribution in [3.05, 3.63) is 45.0 Å². The Kier molecular flexibility index (Phi) is 4.51. The Balaban J connectivity index is 2.78. The number of nitriles is 1. The van der Waals surface area contributed by atoms with E-state index in [-0.39, 0.29) is 39.7 Å². The number of hydrogen-bond acceptors (Lipinski definition) is 6. The highest BCUT2D eigenvalue weighted by atomic mass is 16.5. The van der Waals surface area contributed by atoms with Crippen LogP contribution in [0.4, 0.5) is 0 Å². The van der Waals surface area contributed by atoms with Crippen LogP contribution in [0.1, 0.15) is 24.0 Å². The zero-order chi connectivity index (χ0) is 17.1. The first-order chi connectivity index (χ1) is 10.9. The van der Waals surface area contributed by atoms with Crippen molar-refractivity contribution in [2.24, 2.45) is 0 Å². The van der Waals surface area contributed by atoms with Crippen LogP contribution in [-0.4, -0.2) is 17.7 Å². The maximum absolute atomic E-state index is 12.2. The van der Waals surface area contributed by atoms with E-state index < -0.39 is 5.97 Å². The number of carbonyl (C=O) groups is 1. The standard InChI is InChI=1S/C17H15NO5/c1-4-22-17(21)12(8-18)7-11-5-6-13(19)14-9(2)23-10(3)15(14)16(11)20/h5-7,20H,4H2,1-3H3. The van der Waals surface area contributed by atoms with Crippen LogP contribution in [0.5, 0.6) is 5.75 Å². The van der Waals surface area contributed by atoms with Gasteiger partial charge in [0, 0.05) is 5.56 Å². The molecule has 0 saturated heterocycles. The number of furan rings is 1. The van der Waals surface area contributed by atoms with E-state index >= 15 is 0 Å². The van der Waals surface area contributed by atoms with Crippen molar-refractivity contribution in [2.75, 3.05) is 6.61 Å². The summed E-state index contributed by atoms with van der Waals surface area (Å²) in [6, 6.07) is 4.34. The predicted molar refractivity (Wildman–Crippen MR) is 83.8 cm³/mol. The molecule has 0 bridgehead atoms. The Morgan fingerprint density at radius 1 is 1.35 bits per heavy atom. The molecule has 0 aliphatic carbocycles. The Morgan fingerprint density at radius 2 is 2.00 bits per heavy atom. The molecule has 2 rings (SSSR count). The van der Waals surface area contributed by atoms with Gasteiger partial charge < -0.3 is 14.3 Å². The fourth-order valence-electron chi connectivity index (χ4n) is 2.36. The molecule has 6 nitrogen and oxygen atoms in total. The highest BCUT2D eigenvalue weighted by molar-refractivity contribution is 6.00. The van der Waals surface area contributed by atoms with Crippen LogP contribution in [0.3, 0.4) is 0 Å². The van der Waals surface area contributed by atoms with Gasteiger partial charge in [-0.1, -0.05) is 0 Å². The smallest absolute Gasteiger partial charge is 0.348 e. The van der Waals surface area contributed by atoms with Gasteiger partial charge in [0.1, 0.15) is 28.9 Å². The zero-order valence-corrected chi connectivity index (χ0v) is 13.0. The van der Waals surface area contributed by atoms with E-state index in [0.717, 1.165) is 0 Å². The molecule has 1 heterocycles. The molecule has 0 spiro atoms. The molecule has 23 heavy (non-hydrogen) atoms. The van der Waals surface area contributed by atoms with E-state index in [1.54, 1.807) is 26.8 Å². The summed E-state index contributed by atoms with van der Waals surface area (Å²) in [6.45, 7) is 5.00. The lowest BCUT2D eigenvalue weighted by atomic mass is 10.1. The van der Waals surface area contributed by atoms with Gasteiger partial charge in [0.25, 0.3) is 0 Å². The van der Waals surface area contributed by atoms with Crippen LogP contribution in [0.25, 0.3) is 16.8 Å². The minimum absolute atomic E-state index is 0.126. The number of ether oxygens (including phenoxy) is 1.